The van der Waals surface area contributed by atoms with E-state index in [1.54, 1.807) is 22.8 Å². The molecule has 1 atom stereocenters. The SMILES string of the molecule is O=C1CC(c2ccc(F)cc2)Cc2nc3nc(SCc4ccc(Cl)cc4)nn3cc21. The lowest BCUT2D eigenvalue weighted by Gasteiger charge is -2.23. The molecule has 5 nitrogen and oxygen atoms in total. The Kier molecular flexibility index (Phi) is 5.00. The second-order valence-corrected chi connectivity index (χ2v) is 8.61. The summed E-state index contributed by atoms with van der Waals surface area (Å²) >= 11 is 7.43. The molecule has 1 aliphatic rings. The first kappa shape index (κ1) is 19.2. The van der Waals surface area contributed by atoms with Crippen LogP contribution in [0.1, 0.15) is 39.5 Å². The van der Waals surface area contributed by atoms with Gasteiger partial charge in [-0.25, -0.2) is 13.9 Å². The molecule has 4 aromatic rings. The number of aromatic nitrogens is 4. The fourth-order valence-electron chi connectivity index (χ4n) is 3.62. The molecule has 0 bridgehead atoms. The highest BCUT2D eigenvalue weighted by Gasteiger charge is 2.28. The van der Waals surface area contributed by atoms with Crippen LogP contribution in [0.5, 0.6) is 0 Å². The number of fused-ring (bicyclic) bond motifs is 2. The first-order chi connectivity index (χ1) is 14.5. The molecule has 2 heterocycles. The summed E-state index contributed by atoms with van der Waals surface area (Å²) in [5, 5.41) is 5.76. The molecule has 1 unspecified atom stereocenters. The second-order valence-electron chi connectivity index (χ2n) is 7.24. The highest BCUT2D eigenvalue weighted by atomic mass is 35.5. The monoisotopic (exact) mass is 438 g/mol. The van der Waals surface area contributed by atoms with E-state index in [2.05, 4.69) is 15.1 Å². The Bertz CT molecular complexity index is 1240. The molecule has 150 valence electrons. The molecule has 0 saturated carbocycles. The van der Waals surface area contributed by atoms with E-state index in [-0.39, 0.29) is 17.5 Å². The van der Waals surface area contributed by atoms with Crippen LogP contribution in [0.3, 0.4) is 0 Å². The van der Waals surface area contributed by atoms with Gasteiger partial charge in [-0.05, 0) is 47.7 Å². The minimum atomic E-state index is -0.284. The number of benzene rings is 2. The summed E-state index contributed by atoms with van der Waals surface area (Å²) < 4.78 is 14.8. The van der Waals surface area contributed by atoms with Gasteiger partial charge < -0.3 is 0 Å². The van der Waals surface area contributed by atoms with Crippen LogP contribution in [0.15, 0.2) is 59.9 Å². The molecule has 0 radical (unpaired) electrons. The maximum atomic E-state index is 13.2. The van der Waals surface area contributed by atoms with Crippen LogP contribution < -0.4 is 0 Å². The van der Waals surface area contributed by atoms with Crippen molar-refractivity contribution in [3.8, 4) is 0 Å². The first-order valence-corrected chi connectivity index (χ1v) is 10.8. The Labute approximate surface area is 181 Å². The summed E-state index contributed by atoms with van der Waals surface area (Å²) in [5.74, 6) is 0.903. The molecule has 0 aliphatic heterocycles. The topological polar surface area (TPSA) is 60.2 Å². The Morgan fingerprint density at radius 2 is 1.83 bits per heavy atom. The molecule has 0 saturated heterocycles. The molecule has 0 spiro atoms. The molecule has 5 rings (SSSR count). The van der Waals surface area contributed by atoms with Crippen molar-refractivity contribution in [2.45, 2.75) is 29.7 Å². The first-order valence-electron chi connectivity index (χ1n) is 9.47. The lowest BCUT2D eigenvalue weighted by molar-refractivity contribution is 0.0962. The number of carbonyl (C=O) groups is 1. The zero-order chi connectivity index (χ0) is 20.7. The summed E-state index contributed by atoms with van der Waals surface area (Å²) in [7, 11) is 0. The maximum Gasteiger partial charge on any atom is 0.253 e. The van der Waals surface area contributed by atoms with E-state index < -0.39 is 0 Å². The quantitative estimate of drug-likeness (QED) is 0.414. The molecular weight excluding hydrogens is 423 g/mol. The normalized spacial score (nSPS) is 16.1. The predicted octanol–water partition coefficient (Wildman–Crippen LogP) is 5.12. The third kappa shape index (κ3) is 3.82. The van der Waals surface area contributed by atoms with E-state index in [9.17, 15) is 9.18 Å². The van der Waals surface area contributed by atoms with Crippen molar-refractivity contribution in [3.05, 3.63) is 88.0 Å². The summed E-state index contributed by atoms with van der Waals surface area (Å²) in [6.07, 6.45) is 2.71. The molecule has 2 aromatic heterocycles. The van der Waals surface area contributed by atoms with Gasteiger partial charge in [0.15, 0.2) is 5.78 Å². The van der Waals surface area contributed by atoms with Gasteiger partial charge in [0.1, 0.15) is 5.82 Å². The van der Waals surface area contributed by atoms with Crippen molar-refractivity contribution in [2.24, 2.45) is 0 Å². The fraction of sp³-hybridized carbons (Fsp3) is 0.182. The minimum absolute atomic E-state index is 0.0118. The molecule has 2 aromatic carbocycles. The molecule has 0 N–H and O–H groups in total. The average molecular weight is 439 g/mol. The third-order valence-corrected chi connectivity index (χ3v) is 6.35. The number of ketones is 1. The van der Waals surface area contributed by atoms with E-state index >= 15 is 0 Å². The summed E-state index contributed by atoms with van der Waals surface area (Å²) in [5.41, 5.74) is 3.36. The number of rotatable bonds is 4. The number of hydrogen-bond acceptors (Lipinski definition) is 5. The standard InChI is InChI=1S/C22H16ClFN4OS/c23-16-5-1-13(2-6-16)12-30-22-26-21-25-19-9-15(14-3-7-17(24)8-4-14)10-20(29)18(19)11-28(21)27-22/h1-8,11,15H,9-10,12H2. The second kappa shape index (κ2) is 7.81. The van der Waals surface area contributed by atoms with E-state index in [0.717, 1.165) is 16.8 Å². The van der Waals surface area contributed by atoms with Gasteiger partial charge >= 0.3 is 0 Å². The molecule has 1 aliphatic carbocycles. The number of Topliss-reactive ketones (excluding diaryl/α,β-unsaturated/α-hetero) is 1. The average Bonchev–Trinajstić information content (AvgIpc) is 3.14. The zero-order valence-electron chi connectivity index (χ0n) is 15.8. The number of nitrogens with zero attached hydrogens (tertiary/aromatic N) is 4. The summed E-state index contributed by atoms with van der Waals surface area (Å²) in [6, 6.07) is 14.0. The molecule has 30 heavy (non-hydrogen) atoms. The minimum Gasteiger partial charge on any atom is -0.294 e. The number of halogens is 2. The van der Waals surface area contributed by atoms with Gasteiger partial charge in [0, 0.05) is 23.4 Å². The number of carbonyl (C=O) groups excluding carboxylic acids is 1. The lowest BCUT2D eigenvalue weighted by atomic mass is 9.82. The summed E-state index contributed by atoms with van der Waals surface area (Å²) in [4.78, 5) is 21.8. The van der Waals surface area contributed by atoms with Crippen LogP contribution in [-0.4, -0.2) is 25.4 Å². The molecular formula is C22H16ClFN4OS. The van der Waals surface area contributed by atoms with Crippen molar-refractivity contribution in [1.29, 1.82) is 0 Å². The van der Waals surface area contributed by atoms with Gasteiger partial charge in [0.05, 0.1) is 11.3 Å². The van der Waals surface area contributed by atoms with Gasteiger partial charge in [-0.15, -0.1) is 5.10 Å². The van der Waals surface area contributed by atoms with E-state index in [1.807, 2.05) is 24.3 Å². The lowest BCUT2D eigenvalue weighted by Crippen LogP contribution is -2.21. The Morgan fingerprint density at radius 3 is 2.60 bits per heavy atom. The molecule has 0 amide bonds. The fourth-order valence-corrected chi connectivity index (χ4v) is 4.53. The predicted molar refractivity (Wildman–Crippen MR) is 114 cm³/mol. The van der Waals surface area contributed by atoms with E-state index in [0.29, 0.717) is 40.1 Å². The highest BCUT2D eigenvalue weighted by Crippen LogP contribution is 2.32. The van der Waals surface area contributed by atoms with Gasteiger partial charge in [-0.3, -0.25) is 4.79 Å². The molecule has 8 heteroatoms. The maximum absolute atomic E-state index is 13.2. The van der Waals surface area contributed by atoms with Crippen LogP contribution in [0.25, 0.3) is 5.78 Å². The van der Waals surface area contributed by atoms with Crippen LogP contribution >= 0.6 is 23.4 Å². The van der Waals surface area contributed by atoms with Gasteiger partial charge in [0.2, 0.25) is 5.16 Å². The Morgan fingerprint density at radius 1 is 1.07 bits per heavy atom. The van der Waals surface area contributed by atoms with Crippen molar-refractivity contribution in [3.63, 3.8) is 0 Å². The van der Waals surface area contributed by atoms with E-state index in [4.69, 9.17) is 11.6 Å². The van der Waals surface area contributed by atoms with Crippen molar-refractivity contribution >= 4 is 34.9 Å². The van der Waals surface area contributed by atoms with Gasteiger partial charge in [-0.1, -0.05) is 47.6 Å². The van der Waals surface area contributed by atoms with Gasteiger partial charge in [0.25, 0.3) is 5.78 Å². The Hall–Kier alpha value is -2.77. The largest absolute Gasteiger partial charge is 0.294 e. The molecule has 0 fully saturated rings. The van der Waals surface area contributed by atoms with E-state index in [1.165, 1.54) is 23.9 Å². The van der Waals surface area contributed by atoms with Crippen LogP contribution in [0.2, 0.25) is 5.02 Å². The van der Waals surface area contributed by atoms with Crippen molar-refractivity contribution in [1.82, 2.24) is 19.6 Å². The number of hydrogen-bond donors (Lipinski definition) is 0. The highest BCUT2D eigenvalue weighted by molar-refractivity contribution is 7.98. The van der Waals surface area contributed by atoms with Crippen LogP contribution in [0.4, 0.5) is 4.39 Å². The zero-order valence-corrected chi connectivity index (χ0v) is 17.3. The van der Waals surface area contributed by atoms with Crippen LogP contribution in [-0.2, 0) is 12.2 Å². The Balaban J connectivity index is 1.39. The van der Waals surface area contributed by atoms with Crippen molar-refractivity contribution < 1.29 is 9.18 Å². The van der Waals surface area contributed by atoms with Crippen LogP contribution in [0, 0.1) is 5.82 Å². The summed E-state index contributed by atoms with van der Waals surface area (Å²) in [6.45, 7) is 0. The van der Waals surface area contributed by atoms with Gasteiger partial charge in [-0.2, -0.15) is 4.98 Å². The third-order valence-electron chi connectivity index (χ3n) is 5.19. The van der Waals surface area contributed by atoms with Crippen molar-refractivity contribution in [2.75, 3.05) is 0 Å². The number of thioether (sulfide) groups is 1. The smallest absolute Gasteiger partial charge is 0.253 e.